The summed E-state index contributed by atoms with van der Waals surface area (Å²) in [5.74, 6) is 1.38. The Hall–Kier alpha value is -1.06. The van der Waals surface area contributed by atoms with Gasteiger partial charge in [0.2, 0.25) is 0 Å². The van der Waals surface area contributed by atoms with Gasteiger partial charge in [0.25, 0.3) is 0 Å². The van der Waals surface area contributed by atoms with E-state index in [1.807, 2.05) is 24.3 Å². The molecule has 3 nitrogen and oxygen atoms in total. The van der Waals surface area contributed by atoms with Crippen LogP contribution in [0.15, 0.2) is 24.3 Å². The largest absolute Gasteiger partial charge is 0.490 e. The summed E-state index contributed by atoms with van der Waals surface area (Å²) in [4.78, 5) is 0. The molecule has 2 atom stereocenters. The maximum Gasteiger partial charge on any atom is 0.120 e. The van der Waals surface area contributed by atoms with Crippen LogP contribution >= 0.6 is 0 Å². The van der Waals surface area contributed by atoms with E-state index in [2.05, 4.69) is 0 Å². The molecule has 1 heterocycles. The predicted molar refractivity (Wildman–Crippen MR) is 68.6 cm³/mol. The van der Waals surface area contributed by atoms with Crippen LogP contribution in [0, 0.1) is 5.92 Å². The molecule has 3 rings (SSSR count). The molecule has 1 aromatic carbocycles. The molecule has 18 heavy (non-hydrogen) atoms. The van der Waals surface area contributed by atoms with E-state index in [0.717, 1.165) is 50.2 Å². The Kier molecular flexibility index (Phi) is 3.52. The molecular formula is C15H20O3. The molecule has 0 spiro atoms. The molecule has 0 amide bonds. The van der Waals surface area contributed by atoms with Crippen molar-refractivity contribution in [2.24, 2.45) is 5.92 Å². The normalized spacial score (nSPS) is 25.1. The van der Waals surface area contributed by atoms with E-state index < -0.39 is 6.10 Å². The molecule has 3 heteroatoms. The van der Waals surface area contributed by atoms with E-state index in [9.17, 15) is 5.11 Å². The van der Waals surface area contributed by atoms with Crippen LogP contribution in [0.3, 0.4) is 0 Å². The standard InChI is InChI=1S/C15H20O3/c16-15(8-11-6-7-17-10-11)12-2-1-3-14(9-12)18-13-4-5-13/h1-3,9,11,13,15-16H,4-8,10H2. The molecule has 1 saturated heterocycles. The number of aliphatic hydroxyl groups is 1. The van der Waals surface area contributed by atoms with Crippen molar-refractivity contribution in [3.05, 3.63) is 29.8 Å². The van der Waals surface area contributed by atoms with E-state index in [-0.39, 0.29) is 0 Å². The minimum Gasteiger partial charge on any atom is -0.490 e. The van der Waals surface area contributed by atoms with Gasteiger partial charge in [0.05, 0.1) is 12.2 Å². The van der Waals surface area contributed by atoms with E-state index in [4.69, 9.17) is 9.47 Å². The molecule has 1 N–H and O–H groups in total. The average Bonchev–Trinajstić information content (AvgIpc) is 3.04. The topological polar surface area (TPSA) is 38.7 Å². The summed E-state index contributed by atoms with van der Waals surface area (Å²) >= 11 is 0. The van der Waals surface area contributed by atoms with Crippen LogP contribution in [0.1, 0.15) is 37.4 Å². The highest BCUT2D eigenvalue weighted by Crippen LogP contribution is 2.31. The zero-order chi connectivity index (χ0) is 12.4. The maximum atomic E-state index is 10.2. The van der Waals surface area contributed by atoms with Gasteiger partial charge in [-0.15, -0.1) is 0 Å². The number of ether oxygens (including phenoxy) is 2. The van der Waals surface area contributed by atoms with Crippen molar-refractivity contribution < 1.29 is 14.6 Å². The Morgan fingerprint density at radius 3 is 2.94 bits per heavy atom. The number of rotatable bonds is 5. The Morgan fingerprint density at radius 2 is 2.22 bits per heavy atom. The van der Waals surface area contributed by atoms with Gasteiger partial charge < -0.3 is 14.6 Å². The molecular weight excluding hydrogens is 228 g/mol. The first-order valence-electron chi connectivity index (χ1n) is 6.83. The molecule has 2 aliphatic rings. The summed E-state index contributed by atoms with van der Waals surface area (Å²) in [5.41, 5.74) is 0.958. The van der Waals surface area contributed by atoms with Crippen molar-refractivity contribution in [3.63, 3.8) is 0 Å². The molecule has 0 aromatic heterocycles. The highest BCUT2D eigenvalue weighted by Gasteiger charge is 2.24. The lowest BCUT2D eigenvalue weighted by molar-refractivity contribution is 0.129. The predicted octanol–water partition coefficient (Wildman–Crippen LogP) is 2.69. The monoisotopic (exact) mass is 248 g/mol. The fourth-order valence-corrected chi connectivity index (χ4v) is 2.39. The van der Waals surface area contributed by atoms with Gasteiger partial charge in [-0.3, -0.25) is 0 Å². The van der Waals surface area contributed by atoms with E-state index >= 15 is 0 Å². The number of benzene rings is 1. The van der Waals surface area contributed by atoms with Crippen LogP contribution in [-0.2, 0) is 4.74 Å². The highest BCUT2D eigenvalue weighted by molar-refractivity contribution is 5.30. The van der Waals surface area contributed by atoms with Crippen molar-refractivity contribution in [1.29, 1.82) is 0 Å². The average molecular weight is 248 g/mol. The van der Waals surface area contributed by atoms with Crippen LogP contribution in [0.4, 0.5) is 0 Å². The lowest BCUT2D eigenvalue weighted by atomic mass is 9.96. The molecule has 0 radical (unpaired) electrons. The molecule has 1 aliphatic heterocycles. The minimum atomic E-state index is -0.403. The zero-order valence-corrected chi connectivity index (χ0v) is 10.5. The Morgan fingerprint density at radius 1 is 1.33 bits per heavy atom. The maximum absolute atomic E-state index is 10.2. The minimum absolute atomic E-state index is 0.403. The fourth-order valence-electron chi connectivity index (χ4n) is 2.39. The molecule has 2 fully saturated rings. The summed E-state index contributed by atoms with van der Waals surface area (Å²) < 4.78 is 11.1. The van der Waals surface area contributed by atoms with Crippen molar-refractivity contribution in [3.8, 4) is 5.75 Å². The zero-order valence-electron chi connectivity index (χ0n) is 10.5. The van der Waals surface area contributed by atoms with Gasteiger partial charge in [-0.2, -0.15) is 0 Å². The van der Waals surface area contributed by atoms with Crippen molar-refractivity contribution in [2.75, 3.05) is 13.2 Å². The third-order valence-electron chi connectivity index (χ3n) is 3.65. The number of aliphatic hydroxyl groups excluding tert-OH is 1. The van der Waals surface area contributed by atoms with E-state index in [1.54, 1.807) is 0 Å². The van der Waals surface area contributed by atoms with Gasteiger partial charge in [0.1, 0.15) is 5.75 Å². The second-order valence-electron chi connectivity index (χ2n) is 5.37. The van der Waals surface area contributed by atoms with Gasteiger partial charge in [0, 0.05) is 13.2 Å². The van der Waals surface area contributed by atoms with Crippen LogP contribution in [0.25, 0.3) is 0 Å². The third-order valence-corrected chi connectivity index (χ3v) is 3.65. The van der Waals surface area contributed by atoms with Gasteiger partial charge in [-0.05, 0) is 49.3 Å². The van der Waals surface area contributed by atoms with Gasteiger partial charge >= 0.3 is 0 Å². The summed E-state index contributed by atoms with van der Waals surface area (Å²) in [6, 6.07) is 7.87. The van der Waals surface area contributed by atoms with Gasteiger partial charge in [-0.1, -0.05) is 12.1 Å². The summed E-state index contributed by atoms with van der Waals surface area (Å²) in [6.45, 7) is 1.62. The highest BCUT2D eigenvalue weighted by atomic mass is 16.5. The first kappa shape index (κ1) is 12.0. The van der Waals surface area contributed by atoms with Crippen LogP contribution in [0.5, 0.6) is 5.75 Å². The van der Waals surface area contributed by atoms with E-state index in [1.165, 1.54) is 0 Å². The number of hydrogen-bond acceptors (Lipinski definition) is 3. The SMILES string of the molecule is OC(CC1CCOC1)c1cccc(OC2CC2)c1. The van der Waals surface area contributed by atoms with Gasteiger partial charge in [0.15, 0.2) is 0 Å². The molecule has 1 aromatic rings. The Labute approximate surface area is 108 Å². The second kappa shape index (κ2) is 5.29. The van der Waals surface area contributed by atoms with Crippen molar-refractivity contribution in [1.82, 2.24) is 0 Å². The smallest absolute Gasteiger partial charge is 0.120 e. The summed E-state index contributed by atoms with van der Waals surface area (Å²) in [5, 5.41) is 10.2. The van der Waals surface area contributed by atoms with E-state index in [0.29, 0.717) is 12.0 Å². The summed E-state index contributed by atoms with van der Waals surface area (Å²) in [7, 11) is 0. The number of hydrogen-bond donors (Lipinski definition) is 1. The lowest BCUT2D eigenvalue weighted by Crippen LogP contribution is -2.07. The van der Waals surface area contributed by atoms with Crippen molar-refractivity contribution in [2.45, 2.75) is 37.9 Å². The van der Waals surface area contributed by atoms with Gasteiger partial charge in [-0.25, -0.2) is 0 Å². The lowest BCUT2D eigenvalue weighted by Gasteiger charge is -2.15. The van der Waals surface area contributed by atoms with Crippen LogP contribution < -0.4 is 4.74 Å². The molecule has 98 valence electrons. The Balaban J connectivity index is 1.62. The first-order chi connectivity index (χ1) is 8.81. The molecule has 0 bridgehead atoms. The fraction of sp³-hybridized carbons (Fsp3) is 0.600. The van der Waals surface area contributed by atoms with Crippen LogP contribution in [-0.4, -0.2) is 24.4 Å². The summed E-state index contributed by atoms with van der Waals surface area (Å²) in [6.07, 6.45) is 4.17. The molecule has 1 aliphatic carbocycles. The Bertz CT molecular complexity index is 394. The third kappa shape index (κ3) is 3.03. The van der Waals surface area contributed by atoms with Crippen molar-refractivity contribution >= 4 is 0 Å². The molecule has 1 saturated carbocycles. The molecule has 2 unspecified atom stereocenters. The second-order valence-corrected chi connectivity index (χ2v) is 5.37. The first-order valence-corrected chi connectivity index (χ1v) is 6.83. The van der Waals surface area contributed by atoms with Crippen LogP contribution in [0.2, 0.25) is 0 Å². The quantitative estimate of drug-likeness (QED) is 0.870.